The molecule has 9 nitrogen and oxygen atoms in total. The van der Waals surface area contributed by atoms with Gasteiger partial charge in [-0.2, -0.15) is 5.10 Å². The molecule has 1 unspecified atom stereocenters. The summed E-state index contributed by atoms with van der Waals surface area (Å²) in [5.41, 5.74) is 0.526. The Hall–Kier alpha value is -3.60. The molecule has 186 valence electrons. The van der Waals surface area contributed by atoms with Crippen molar-refractivity contribution in [2.75, 3.05) is 26.1 Å². The van der Waals surface area contributed by atoms with E-state index in [0.29, 0.717) is 22.3 Å². The van der Waals surface area contributed by atoms with Crippen molar-refractivity contribution < 1.29 is 28.2 Å². The zero-order valence-corrected chi connectivity index (χ0v) is 19.4. The Balaban J connectivity index is 1.59. The van der Waals surface area contributed by atoms with Gasteiger partial charge in [0.05, 0.1) is 30.8 Å². The second-order valence-corrected chi connectivity index (χ2v) is 8.77. The number of amides is 2. The maximum absolute atomic E-state index is 14.1. The second kappa shape index (κ2) is 9.57. The quantitative estimate of drug-likeness (QED) is 0.471. The molecule has 0 spiro atoms. The fraction of sp³-hybridized carbons (Fsp3) is 0.417. The molecule has 3 aromatic rings. The molecule has 1 aliphatic carbocycles. The molecular formula is C24H27F2N5O4. The van der Waals surface area contributed by atoms with Crippen LogP contribution < -0.4 is 10.1 Å². The predicted octanol–water partition coefficient (Wildman–Crippen LogP) is 2.87. The van der Waals surface area contributed by atoms with Crippen molar-refractivity contribution in [2.24, 2.45) is 0 Å². The van der Waals surface area contributed by atoms with Gasteiger partial charge < -0.3 is 20.1 Å². The first-order valence-corrected chi connectivity index (χ1v) is 11.2. The zero-order valence-electron chi connectivity index (χ0n) is 19.4. The van der Waals surface area contributed by atoms with Gasteiger partial charge in [-0.05, 0) is 42.7 Å². The average Bonchev–Trinajstić information content (AvgIpc) is 3.32. The molecule has 4 rings (SSSR count). The number of pyridine rings is 1. The van der Waals surface area contributed by atoms with Gasteiger partial charge in [-0.25, -0.2) is 13.8 Å². The molecule has 0 aliphatic heterocycles. The normalized spacial score (nSPS) is 17.5. The van der Waals surface area contributed by atoms with Crippen LogP contribution in [-0.2, 0) is 15.0 Å². The Kier molecular flexibility index (Phi) is 6.70. The van der Waals surface area contributed by atoms with E-state index in [1.54, 1.807) is 36.4 Å². The first-order valence-electron chi connectivity index (χ1n) is 11.2. The van der Waals surface area contributed by atoms with Crippen LogP contribution >= 0.6 is 0 Å². The maximum Gasteiger partial charge on any atom is 0.250 e. The van der Waals surface area contributed by atoms with Crippen LogP contribution in [0.5, 0.6) is 5.75 Å². The number of carbonyl (C=O) groups excluding carboxylic acids is 2. The fourth-order valence-corrected chi connectivity index (χ4v) is 4.55. The van der Waals surface area contributed by atoms with Crippen molar-refractivity contribution in [1.29, 1.82) is 0 Å². The van der Waals surface area contributed by atoms with E-state index in [1.165, 1.54) is 20.4 Å². The maximum atomic E-state index is 14.1. The minimum absolute atomic E-state index is 0.0893. The lowest BCUT2D eigenvalue weighted by molar-refractivity contribution is -0.147. The monoisotopic (exact) mass is 487 g/mol. The van der Waals surface area contributed by atoms with Crippen LogP contribution in [0.25, 0.3) is 11.0 Å². The first kappa shape index (κ1) is 24.5. The van der Waals surface area contributed by atoms with E-state index in [1.807, 2.05) is 0 Å². The summed E-state index contributed by atoms with van der Waals surface area (Å²) in [5, 5.41) is 19.3. The highest BCUT2D eigenvalue weighted by molar-refractivity contribution is 5.99. The van der Waals surface area contributed by atoms with Crippen LogP contribution in [0.3, 0.4) is 0 Å². The number of anilines is 1. The number of fused-ring (bicyclic) bond motifs is 1. The summed E-state index contributed by atoms with van der Waals surface area (Å²) in [6.45, 7) is -0.656. The number of hydrogen-bond acceptors (Lipinski definition) is 6. The number of H-pyrrole nitrogens is 1. The molecule has 11 heteroatoms. The van der Waals surface area contributed by atoms with Gasteiger partial charge in [-0.1, -0.05) is 12.1 Å². The number of carbonyl (C=O) groups is 2. The number of aromatic nitrogens is 3. The third-order valence-electron chi connectivity index (χ3n) is 6.70. The first-order chi connectivity index (χ1) is 16.7. The molecule has 0 bridgehead atoms. The fourth-order valence-electron chi connectivity index (χ4n) is 4.55. The Labute approximate surface area is 200 Å². The number of hydrogen-bond donors (Lipinski definition) is 3. The molecule has 35 heavy (non-hydrogen) atoms. The Morgan fingerprint density at radius 3 is 2.49 bits per heavy atom. The number of nitrogens with zero attached hydrogens (tertiary/aromatic N) is 3. The van der Waals surface area contributed by atoms with E-state index in [2.05, 4.69) is 20.5 Å². The summed E-state index contributed by atoms with van der Waals surface area (Å²) < 4.78 is 33.3. The summed E-state index contributed by atoms with van der Waals surface area (Å²) in [6.07, 6.45) is 0.413. The van der Waals surface area contributed by atoms with Crippen molar-refractivity contribution in [3.8, 4) is 5.75 Å². The Morgan fingerprint density at radius 1 is 1.17 bits per heavy atom. The van der Waals surface area contributed by atoms with Crippen LogP contribution in [0.1, 0.15) is 31.2 Å². The van der Waals surface area contributed by atoms with Gasteiger partial charge in [0.2, 0.25) is 11.8 Å². The van der Waals surface area contributed by atoms with E-state index in [-0.39, 0.29) is 18.7 Å². The molecule has 1 aromatic carbocycles. The van der Waals surface area contributed by atoms with Crippen LogP contribution in [0, 0.1) is 0 Å². The van der Waals surface area contributed by atoms with Gasteiger partial charge in [0.15, 0.2) is 0 Å². The molecule has 2 amide bonds. The number of ether oxygens (including phenoxy) is 1. The third kappa shape index (κ3) is 4.81. The minimum Gasteiger partial charge on any atom is -0.497 e. The number of aromatic amines is 1. The number of aliphatic hydroxyl groups excluding tert-OH is 1. The summed E-state index contributed by atoms with van der Waals surface area (Å²) in [6, 6.07) is 8.72. The molecule has 1 saturated carbocycles. The summed E-state index contributed by atoms with van der Waals surface area (Å²) in [4.78, 5) is 32.2. The molecule has 1 atom stereocenters. The molecule has 1 aliphatic rings. The molecule has 2 aromatic heterocycles. The molecule has 3 N–H and O–H groups in total. The zero-order chi connectivity index (χ0) is 25.2. The van der Waals surface area contributed by atoms with Crippen molar-refractivity contribution >= 4 is 28.7 Å². The second-order valence-electron chi connectivity index (χ2n) is 8.77. The number of nitrogens with one attached hydrogen (secondary N) is 2. The highest BCUT2D eigenvalue weighted by Gasteiger charge is 2.51. The van der Waals surface area contributed by atoms with Crippen molar-refractivity contribution in [3.05, 3.63) is 48.2 Å². The molecule has 2 heterocycles. The van der Waals surface area contributed by atoms with E-state index < -0.39 is 48.6 Å². The van der Waals surface area contributed by atoms with Crippen molar-refractivity contribution in [1.82, 2.24) is 20.1 Å². The lowest BCUT2D eigenvalue weighted by atomic mass is 9.67. The van der Waals surface area contributed by atoms with E-state index in [4.69, 9.17) is 4.74 Å². The van der Waals surface area contributed by atoms with Gasteiger partial charge in [-0.3, -0.25) is 14.7 Å². The van der Waals surface area contributed by atoms with Gasteiger partial charge in [0.1, 0.15) is 23.1 Å². The van der Waals surface area contributed by atoms with E-state index in [0.717, 1.165) is 4.90 Å². The molecule has 1 fully saturated rings. The summed E-state index contributed by atoms with van der Waals surface area (Å²) >= 11 is 0. The van der Waals surface area contributed by atoms with E-state index in [9.17, 15) is 23.5 Å². The molecule has 0 radical (unpaired) electrons. The number of halogens is 2. The molecular weight excluding hydrogens is 460 g/mol. The lowest BCUT2D eigenvalue weighted by Gasteiger charge is -2.42. The number of benzene rings is 1. The average molecular weight is 488 g/mol. The summed E-state index contributed by atoms with van der Waals surface area (Å²) in [7, 11) is 2.90. The SMILES string of the molecule is COc1ccc(C2(C(=O)N(C)C(CO)C(=O)Nc3ccc4[nH]ncc4n3)CCC(F)(F)CC2)cc1. The van der Waals surface area contributed by atoms with Crippen LogP contribution in [0.2, 0.25) is 0 Å². The smallest absolute Gasteiger partial charge is 0.250 e. The number of aliphatic hydroxyl groups is 1. The number of rotatable bonds is 7. The van der Waals surface area contributed by atoms with Crippen LogP contribution in [0.4, 0.5) is 14.6 Å². The Bertz CT molecular complexity index is 1200. The third-order valence-corrected chi connectivity index (χ3v) is 6.70. The van der Waals surface area contributed by atoms with Gasteiger partial charge in [0.25, 0.3) is 5.91 Å². The van der Waals surface area contributed by atoms with Crippen LogP contribution in [0.15, 0.2) is 42.6 Å². The topological polar surface area (TPSA) is 120 Å². The van der Waals surface area contributed by atoms with Crippen LogP contribution in [-0.4, -0.2) is 69.7 Å². The predicted molar refractivity (Wildman–Crippen MR) is 124 cm³/mol. The number of likely N-dealkylation sites (N-methyl/N-ethyl adjacent to an activating group) is 1. The largest absolute Gasteiger partial charge is 0.497 e. The van der Waals surface area contributed by atoms with Gasteiger partial charge >= 0.3 is 0 Å². The standard InChI is InChI=1S/C24H27F2N5O4/c1-31(19(14-32)21(33)29-20-8-7-17-18(28-20)13-27-30-17)22(34)23(9-11-24(25,26)12-10-23)15-3-5-16(35-2)6-4-15/h3-8,13,19,32H,9-12,14H2,1-2H3,(H,27,30)(H,28,29,33). The van der Waals surface area contributed by atoms with Crippen molar-refractivity contribution in [3.63, 3.8) is 0 Å². The molecule has 0 saturated heterocycles. The Morgan fingerprint density at radius 2 is 1.86 bits per heavy atom. The number of methoxy groups -OCH3 is 1. The van der Waals surface area contributed by atoms with E-state index >= 15 is 0 Å². The lowest BCUT2D eigenvalue weighted by Crippen LogP contribution is -2.55. The highest BCUT2D eigenvalue weighted by atomic mass is 19.3. The number of alkyl halides is 2. The van der Waals surface area contributed by atoms with Gasteiger partial charge in [-0.15, -0.1) is 0 Å². The minimum atomic E-state index is -2.86. The van der Waals surface area contributed by atoms with Gasteiger partial charge in [0, 0.05) is 19.9 Å². The van der Waals surface area contributed by atoms with Crippen molar-refractivity contribution in [2.45, 2.75) is 43.1 Å². The highest BCUT2D eigenvalue weighted by Crippen LogP contribution is 2.47. The summed E-state index contributed by atoms with van der Waals surface area (Å²) in [5.74, 6) is -3.22.